The van der Waals surface area contributed by atoms with Crippen molar-refractivity contribution >= 4 is 29.5 Å². The van der Waals surface area contributed by atoms with Crippen LogP contribution in [0.25, 0.3) is 0 Å². The molecule has 0 fully saturated rings. The second kappa shape index (κ2) is 8.21. The Morgan fingerprint density at radius 1 is 1.48 bits per heavy atom. The van der Waals surface area contributed by atoms with Gasteiger partial charge >= 0.3 is 5.97 Å². The van der Waals surface area contributed by atoms with Gasteiger partial charge in [0.1, 0.15) is 5.75 Å². The number of carbonyl (C=O) groups is 2. The van der Waals surface area contributed by atoms with Gasteiger partial charge in [0.05, 0.1) is 28.7 Å². The van der Waals surface area contributed by atoms with Gasteiger partial charge in [-0.15, -0.1) is 0 Å². The highest BCUT2D eigenvalue weighted by Gasteiger charge is 2.17. The van der Waals surface area contributed by atoms with E-state index in [1.165, 1.54) is 6.07 Å². The topological polar surface area (TPSA) is 95.7 Å². The van der Waals surface area contributed by atoms with Crippen molar-refractivity contribution in [2.24, 2.45) is 0 Å². The monoisotopic (exact) mass is 315 g/mol. The maximum atomic E-state index is 11.1. The van der Waals surface area contributed by atoms with Crippen LogP contribution in [0.2, 0.25) is 5.02 Å². The lowest BCUT2D eigenvalue weighted by molar-refractivity contribution is -0.385. The summed E-state index contributed by atoms with van der Waals surface area (Å²) in [6.07, 6.45) is 0.960. The van der Waals surface area contributed by atoms with Crippen LogP contribution in [0.4, 0.5) is 5.69 Å². The first-order valence-corrected chi connectivity index (χ1v) is 6.59. The van der Waals surface area contributed by atoms with Crippen molar-refractivity contribution in [1.29, 1.82) is 0 Å². The van der Waals surface area contributed by atoms with Crippen LogP contribution < -0.4 is 4.74 Å². The molecular weight excluding hydrogens is 302 g/mol. The lowest BCUT2D eigenvalue weighted by Gasteiger charge is -2.08. The van der Waals surface area contributed by atoms with Gasteiger partial charge in [0.15, 0.2) is 6.29 Å². The highest BCUT2D eigenvalue weighted by atomic mass is 35.5. The van der Waals surface area contributed by atoms with Crippen molar-refractivity contribution in [2.45, 2.75) is 19.8 Å². The molecule has 0 N–H and O–H groups in total. The van der Waals surface area contributed by atoms with Crippen molar-refractivity contribution in [3.8, 4) is 5.75 Å². The number of hydrogen-bond donors (Lipinski definition) is 0. The lowest BCUT2D eigenvalue weighted by Crippen LogP contribution is -2.07. The molecule has 1 rings (SSSR count). The summed E-state index contributed by atoms with van der Waals surface area (Å²) in [5.74, 6) is -0.169. The van der Waals surface area contributed by atoms with Gasteiger partial charge < -0.3 is 9.47 Å². The molecular formula is C13H14ClNO6. The van der Waals surface area contributed by atoms with Crippen molar-refractivity contribution in [3.05, 3.63) is 32.8 Å². The van der Waals surface area contributed by atoms with Gasteiger partial charge in [-0.3, -0.25) is 19.7 Å². The van der Waals surface area contributed by atoms with Crippen molar-refractivity contribution in [2.75, 3.05) is 13.2 Å². The van der Waals surface area contributed by atoms with Crippen LogP contribution in [-0.4, -0.2) is 30.4 Å². The van der Waals surface area contributed by atoms with Gasteiger partial charge in [-0.05, 0) is 19.4 Å². The average molecular weight is 316 g/mol. The molecule has 0 aliphatic carbocycles. The van der Waals surface area contributed by atoms with Crippen molar-refractivity contribution in [3.63, 3.8) is 0 Å². The molecule has 0 spiro atoms. The molecule has 8 heteroatoms. The maximum Gasteiger partial charge on any atom is 0.305 e. The summed E-state index contributed by atoms with van der Waals surface area (Å²) in [5, 5.41) is 10.8. The van der Waals surface area contributed by atoms with Gasteiger partial charge in [0, 0.05) is 12.5 Å². The number of esters is 1. The van der Waals surface area contributed by atoms with E-state index in [2.05, 4.69) is 0 Å². The molecule has 114 valence electrons. The molecule has 0 saturated heterocycles. The van der Waals surface area contributed by atoms with E-state index < -0.39 is 4.92 Å². The summed E-state index contributed by atoms with van der Waals surface area (Å²) in [4.78, 5) is 32.0. The molecule has 0 unspecified atom stereocenters. The Labute approximate surface area is 125 Å². The van der Waals surface area contributed by atoms with E-state index in [-0.39, 0.29) is 41.0 Å². The SMILES string of the molecule is CCOC(=O)CCCOc1cc(C=O)c([N+](=O)[O-])cc1Cl. The fraction of sp³-hybridized carbons (Fsp3) is 0.385. The first-order chi connectivity index (χ1) is 9.99. The zero-order chi connectivity index (χ0) is 15.8. The van der Waals surface area contributed by atoms with Gasteiger partial charge in [0.25, 0.3) is 5.69 Å². The molecule has 0 amide bonds. The van der Waals surface area contributed by atoms with Crippen LogP contribution in [0.1, 0.15) is 30.1 Å². The van der Waals surface area contributed by atoms with Crippen LogP contribution in [0.3, 0.4) is 0 Å². The molecule has 0 radical (unpaired) electrons. The largest absolute Gasteiger partial charge is 0.492 e. The van der Waals surface area contributed by atoms with Gasteiger partial charge in [-0.1, -0.05) is 11.6 Å². The predicted molar refractivity (Wildman–Crippen MR) is 74.9 cm³/mol. The molecule has 0 heterocycles. The maximum absolute atomic E-state index is 11.1. The summed E-state index contributed by atoms with van der Waals surface area (Å²) in [6.45, 7) is 2.21. The van der Waals surface area contributed by atoms with E-state index in [0.717, 1.165) is 6.07 Å². The van der Waals surface area contributed by atoms with E-state index in [9.17, 15) is 19.7 Å². The molecule has 1 aromatic rings. The Kier molecular flexibility index (Phi) is 6.61. The zero-order valence-corrected chi connectivity index (χ0v) is 12.1. The van der Waals surface area contributed by atoms with Gasteiger partial charge in [-0.25, -0.2) is 0 Å². The van der Waals surface area contributed by atoms with Crippen LogP contribution >= 0.6 is 11.6 Å². The number of rotatable bonds is 8. The smallest absolute Gasteiger partial charge is 0.305 e. The van der Waals surface area contributed by atoms with Crippen LogP contribution in [0, 0.1) is 10.1 Å². The average Bonchev–Trinajstić information content (AvgIpc) is 2.44. The third-order valence-electron chi connectivity index (χ3n) is 2.49. The van der Waals surface area contributed by atoms with Gasteiger partial charge in [-0.2, -0.15) is 0 Å². The Morgan fingerprint density at radius 3 is 2.76 bits per heavy atom. The van der Waals surface area contributed by atoms with Crippen molar-refractivity contribution in [1.82, 2.24) is 0 Å². The fourth-order valence-corrected chi connectivity index (χ4v) is 1.77. The molecule has 21 heavy (non-hydrogen) atoms. The lowest BCUT2D eigenvalue weighted by atomic mass is 10.2. The highest BCUT2D eigenvalue weighted by molar-refractivity contribution is 6.32. The number of carbonyl (C=O) groups excluding carboxylic acids is 2. The minimum absolute atomic E-state index is 0.0310. The number of halogens is 1. The third kappa shape index (κ3) is 5.03. The third-order valence-corrected chi connectivity index (χ3v) is 2.79. The minimum atomic E-state index is -0.694. The number of nitro groups is 1. The number of ether oxygens (including phenoxy) is 2. The Morgan fingerprint density at radius 2 is 2.19 bits per heavy atom. The number of benzene rings is 1. The van der Waals surface area contributed by atoms with E-state index in [1.807, 2.05) is 0 Å². The second-order valence-corrected chi connectivity index (χ2v) is 4.38. The molecule has 0 aliphatic rings. The summed E-state index contributed by atoms with van der Waals surface area (Å²) < 4.78 is 10.1. The minimum Gasteiger partial charge on any atom is -0.492 e. The van der Waals surface area contributed by atoms with Gasteiger partial charge in [0.2, 0.25) is 0 Å². The first-order valence-electron chi connectivity index (χ1n) is 6.21. The fourth-order valence-electron chi connectivity index (χ4n) is 1.55. The molecule has 1 aromatic carbocycles. The summed E-state index contributed by atoms with van der Waals surface area (Å²) in [6, 6.07) is 2.27. The van der Waals surface area contributed by atoms with E-state index in [1.54, 1.807) is 6.92 Å². The van der Waals surface area contributed by atoms with Crippen LogP contribution in [-0.2, 0) is 9.53 Å². The van der Waals surface area contributed by atoms with E-state index in [0.29, 0.717) is 19.3 Å². The number of hydrogen-bond acceptors (Lipinski definition) is 6. The predicted octanol–water partition coefficient (Wildman–Crippen LogP) is 2.78. The number of nitrogens with zero attached hydrogens (tertiary/aromatic N) is 1. The summed E-state index contributed by atoms with van der Waals surface area (Å²) >= 11 is 5.86. The molecule has 0 aliphatic heterocycles. The Bertz CT molecular complexity index is 546. The summed E-state index contributed by atoms with van der Waals surface area (Å²) in [7, 11) is 0. The van der Waals surface area contributed by atoms with Crippen molar-refractivity contribution < 1.29 is 24.0 Å². The first kappa shape index (κ1) is 16.9. The highest BCUT2D eigenvalue weighted by Crippen LogP contribution is 2.31. The summed E-state index contributed by atoms with van der Waals surface area (Å²) in [5.41, 5.74) is -0.501. The Balaban J connectivity index is 2.65. The molecule has 0 bridgehead atoms. The normalized spacial score (nSPS) is 10.0. The van der Waals surface area contributed by atoms with Crippen LogP contribution in [0.5, 0.6) is 5.75 Å². The van der Waals surface area contributed by atoms with E-state index >= 15 is 0 Å². The molecule has 0 saturated carbocycles. The quantitative estimate of drug-likeness (QED) is 0.240. The molecule has 0 aromatic heterocycles. The molecule has 7 nitrogen and oxygen atoms in total. The standard InChI is InChI=1S/C13H14ClNO6/c1-2-20-13(17)4-3-5-21-12-6-9(8-16)11(15(18)19)7-10(12)14/h6-8H,2-5H2,1H3. The van der Waals surface area contributed by atoms with E-state index in [4.69, 9.17) is 21.1 Å². The molecule has 0 atom stereocenters. The number of nitro benzene ring substituents is 1. The second-order valence-electron chi connectivity index (χ2n) is 3.97. The Hall–Kier alpha value is -2.15. The van der Waals surface area contributed by atoms with Crippen LogP contribution in [0.15, 0.2) is 12.1 Å². The zero-order valence-electron chi connectivity index (χ0n) is 11.3. The number of aldehydes is 1.